The molecule has 138 valence electrons. The molecule has 0 amide bonds. The number of aromatic nitrogens is 3. The molecule has 1 aliphatic heterocycles. The van der Waals surface area contributed by atoms with E-state index in [1.54, 1.807) is 17.4 Å². The lowest BCUT2D eigenvalue weighted by atomic mass is 10.1. The van der Waals surface area contributed by atoms with Crippen LogP contribution in [-0.2, 0) is 6.54 Å². The normalized spacial score (nSPS) is 20.9. The lowest BCUT2D eigenvalue weighted by Gasteiger charge is -2.34. The van der Waals surface area contributed by atoms with Crippen molar-refractivity contribution in [2.75, 3.05) is 18.0 Å². The summed E-state index contributed by atoms with van der Waals surface area (Å²) >= 11 is 1.64. The summed E-state index contributed by atoms with van der Waals surface area (Å²) in [5.41, 5.74) is 8.36. The molecule has 1 aliphatic rings. The fourth-order valence-corrected chi connectivity index (χ4v) is 4.41. The summed E-state index contributed by atoms with van der Waals surface area (Å²) in [7, 11) is 0. The molecule has 0 saturated carbocycles. The number of hydrogen-bond acceptors (Lipinski definition) is 5. The Balaban J connectivity index is 1.79. The molecule has 1 fully saturated rings. The second kappa shape index (κ2) is 6.59. The Kier molecular flexibility index (Phi) is 4.40. The number of imidazole rings is 1. The molecule has 1 aromatic carbocycles. The second-order valence-electron chi connectivity index (χ2n) is 6.79. The minimum Gasteiger partial charge on any atom is -0.340 e. The maximum atomic E-state index is 13.8. The maximum absolute atomic E-state index is 13.8. The highest BCUT2D eigenvalue weighted by molar-refractivity contribution is 7.11. The van der Waals surface area contributed by atoms with Crippen molar-refractivity contribution in [2.24, 2.45) is 5.73 Å². The predicted octanol–water partition coefficient (Wildman–Crippen LogP) is 3.17. The van der Waals surface area contributed by atoms with Gasteiger partial charge >= 0.3 is 0 Å². The van der Waals surface area contributed by atoms with Gasteiger partial charge in [-0.05, 0) is 32.4 Å². The number of alkyl halides is 1. The van der Waals surface area contributed by atoms with Crippen molar-refractivity contribution in [2.45, 2.75) is 39.0 Å². The first-order chi connectivity index (χ1) is 12.4. The largest absolute Gasteiger partial charge is 0.340 e. The summed E-state index contributed by atoms with van der Waals surface area (Å²) in [6, 6.07) is 4.07. The van der Waals surface area contributed by atoms with Crippen molar-refractivity contribution in [3.05, 3.63) is 39.6 Å². The lowest BCUT2D eigenvalue weighted by molar-refractivity contribution is 0.243. The Hall–Kier alpha value is -2.06. The van der Waals surface area contributed by atoms with Crippen LogP contribution in [0.5, 0.6) is 0 Å². The third-order valence-corrected chi connectivity index (χ3v) is 5.90. The molecule has 2 aromatic heterocycles. The molecule has 4 rings (SSSR count). The first-order valence-electron chi connectivity index (χ1n) is 8.65. The molecule has 0 spiro atoms. The van der Waals surface area contributed by atoms with E-state index in [1.165, 1.54) is 12.1 Å². The number of piperidine rings is 1. The second-order valence-corrected chi connectivity index (χ2v) is 8.07. The molecule has 2 atom stereocenters. The minimum atomic E-state index is -0.993. The molecular formula is C18H21F2N5S. The summed E-state index contributed by atoms with van der Waals surface area (Å²) in [5, 5.41) is 1.01. The number of thiazole rings is 1. The Morgan fingerprint density at radius 2 is 2.12 bits per heavy atom. The highest BCUT2D eigenvalue weighted by Gasteiger charge is 2.29. The lowest BCUT2D eigenvalue weighted by Crippen LogP contribution is -2.50. The van der Waals surface area contributed by atoms with E-state index in [4.69, 9.17) is 5.73 Å². The van der Waals surface area contributed by atoms with E-state index in [0.29, 0.717) is 37.5 Å². The summed E-state index contributed by atoms with van der Waals surface area (Å²) in [5.74, 6) is 0.385. The Labute approximate surface area is 154 Å². The number of aryl methyl sites for hydroxylation is 2. The average Bonchev–Trinajstić information content (AvgIpc) is 3.10. The van der Waals surface area contributed by atoms with Gasteiger partial charge in [0.15, 0.2) is 0 Å². The van der Waals surface area contributed by atoms with Crippen LogP contribution in [0.1, 0.15) is 22.0 Å². The third-order valence-electron chi connectivity index (χ3n) is 4.84. The van der Waals surface area contributed by atoms with Crippen LogP contribution in [0.25, 0.3) is 11.0 Å². The van der Waals surface area contributed by atoms with Crippen LogP contribution in [0, 0.1) is 19.7 Å². The molecule has 3 heterocycles. The molecule has 8 heteroatoms. The fraction of sp³-hybridized carbons (Fsp3) is 0.444. The van der Waals surface area contributed by atoms with Crippen LogP contribution in [0.2, 0.25) is 0 Å². The predicted molar refractivity (Wildman–Crippen MR) is 100 cm³/mol. The van der Waals surface area contributed by atoms with E-state index in [1.807, 2.05) is 18.7 Å². The van der Waals surface area contributed by atoms with Crippen molar-refractivity contribution in [1.82, 2.24) is 14.5 Å². The summed E-state index contributed by atoms with van der Waals surface area (Å²) in [6.07, 6.45) is -0.620. The van der Waals surface area contributed by atoms with Crippen LogP contribution in [0.4, 0.5) is 14.7 Å². The van der Waals surface area contributed by atoms with Crippen molar-refractivity contribution in [3.63, 3.8) is 0 Å². The van der Waals surface area contributed by atoms with Gasteiger partial charge in [-0.25, -0.2) is 18.7 Å². The van der Waals surface area contributed by atoms with Gasteiger partial charge < -0.3 is 15.2 Å². The first-order valence-corrected chi connectivity index (χ1v) is 9.47. The number of fused-ring (bicyclic) bond motifs is 1. The zero-order valence-electron chi connectivity index (χ0n) is 14.7. The van der Waals surface area contributed by atoms with E-state index in [2.05, 4.69) is 14.5 Å². The molecule has 0 aliphatic carbocycles. The molecule has 3 aromatic rings. The number of nitrogens with zero attached hydrogens (tertiary/aromatic N) is 4. The summed E-state index contributed by atoms with van der Waals surface area (Å²) in [6.45, 7) is 5.50. The van der Waals surface area contributed by atoms with Crippen molar-refractivity contribution in [3.8, 4) is 0 Å². The molecule has 0 radical (unpaired) electrons. The number of nitrogens with two attached hydrogens (primary N) is 1. The van der Waals surface area contributed by atoms with Gasteiger partial charge in [0.2, 0.25) is 5.95 Å². The fourth-order valence-electron chi connectivity index (χ4n) is 3.49. The SMILES string of the molecule is Cc1nc(C)c(Cn2c(N3CCC(F)C(N)C3)nc3cc(F)ccc32)s1. The number of halogens is 2. The molecule has 2 unspecified atom stereocenters. The van der Waals surface area contributed by atoms with Crippen LogP contribution in [-0.4, -0.2) is 39.8 Å². The Morgan fingerprint density at radius 3 is 2.81 bits per heavy atom. The zero-order chi connectivity index (χ0) is 18.4. The maximum Gasteiger partial charge on any atom is 0.206 e. The van der Waals surface area contributed by atoms with E-state index >= 15 is 0 Å². The monoisotopic (exact) mass is 377 g/mol. The van der Waals surface area contributed by atoms with Gasteiger partial charge in [-0.1, -0.05) is 0 Å². The molecule has 1 saturated heterocycles. The molecule has 0 bridgehead atoms. The number of hydrogen-bond donors (Lipinski definition) is 1. The standard InChI is InChI=1S/C18H21F2N5S/c1-10-17(26-11(2)22-10)9-25-16-4-3-12(19)7-15(16)23-18(25)24-6-5-13(20)14(21)8-24/h3-4,7,13-14H,5-6,8-9,21H2,1-2H3. The van der Waals surface area contributed by atoms with Crippen molar-refractivity contribution in [1.29, 1.82) is 0 Å². The first kappa shape index (κ1) is 17.4. The number of rotatable bonds is 3. The van der Waals surface area contributed by atoms with Crippen LogP contribution < -0.4 is 10.6 Å². The summed E-state index contributed by atoms with van der Waals surface area (Å²) in [4.78, 5) is 12.3. The summed E-state index contributed by atoms with van der Waals surface area (Å²) < 4.78 is 29.5. The minimum absolute atomic E-state index is 0.322. The van der Waals surface area contributed by atoms with Crippen LogP contribution >= 0.6 is 11.3 Å². The number of benzene rings is 1. The van der Waals surface area contributed by atoms with Crippen LogP contribution in [0.15, 0.2) is 18.2 Å². The van der Waals surface area contributed by atoms with Gasteiger partial charge in [0.25, 0.3) is 0 Å². The average molecular weight is 377 g/mol. The van der Waals surface area contributed by atoms with Crippen LogP contribution in [0.3, 0.4) is 0 Å². The smallest absolute Gasteiger partial charge is 0.206 e. The van der Waals surface area contributed by atoms with E-state index < -0.39 is 12.2 Å². The highest BCUT2D eigenvalue weighted by atomic mass is 32.1. The Bertz CT molecular complexity index is 951. The third kappa shape index (κ3) is 3.07. The quantitative estimate of drug-likeness (QED) is 0.762. The van der Waals surface area contributed by atoms with Gasteiger partial charge in [-0.2, -0.15) is 0 Å². The van der Waals surface area contributed by atoms with Gasteiger partial charge in [0.1, 0.15) is 12.0 Å². The van der Waals surface area contributed by atoms with Crippen molar-refractivity contribution < 1.29 is 8.78 Å². The number of anilines is 1. The Morgan fingerprint density at radius 1 is 1.31 bits per heavy atom. The molecule has 5 nitrogen and oxygen atoms in total. The molecule has 26 heavy (non-hydrogen) atoms. The van der Waals surface area contributed by atoms with Crippen molar-refractivity contribution >= 4 is 28.3 Å². The molecule has 2 N–H and O–H groups in total. The van der Waals surface area contributed by atoms with Gasteiger partial charge in [0, 0.05) is 24.0 Å². The topological polar surface area (TPSA) is 60.0 Å². The van der Waals surface area contributed by atoms with Gasteiger partial charge in [-0.3, -0.25) is 0 Å². The van der Waals surface area contributed by atoms with E-state index in [-0.39, 0.29) is 5.82 Å². The highest BCUT2D eigenvalue weighted by Crippen LogP contribution is 2.29. The zero-order valence-corrected chi connectivity index (χ0v) is 15.6. The van der Waals surface area contributed by atoms with E-state index in [0.717, 1.165) is 21.1 Å². The van der Waals surface area contributed by atoms with Gasteiger partial charge in [-0.15, -0.1) is 11.3 Å². The molecular weight excluding hydrogens is 356 g/mol. The van der Waals surface area contributed by atoms with Gasteiger partial charge in [0.05, 0.1) is 34.3 Å². The van der Waals surface area contributed by atoms with E-state index in [9.17, 15) is 8.78 Å².